The molecule has 2 aromatic heterocycles. The van der Waals surface area contributed by atoms with Crippen LogP contribution in [0.3, 0.4) is 0 Å². The fourth-order valence-electron chi connectivity index (χ4n) is 3.52. The van der Waals surface area contributed by atoms with Crippen molar-refractivity contribution in [1.82, 2.24) is 14.9 Å². The highest BCUT2D eigenvalue weighted by molar-refractivity contribution is 7.18. The highest BCUT2D eigenvalue weighted by atomic mass is 32.1. The number of hydrogen-bond donors (Lipinski definition) is 1. The van der Waals surface area contributed by atoms with Crippen LogP contribution in [-0.4, -0.2) is 39.0 Å². The average Bonchev–Trinajstić information content (AvgIpc) is 3.07. The van der Waals surface area contributed by atoms with E-state index in [-0.39, 0.29) is 12.0 Å². The summed E-state index contributed by atoms with van der Waals surface area (Å²) in [6.45, 7) is 3.52. The lowest BCUT2D eigenvalue weighted by molar-refractivity contribution is -0.143. The van der Waals surface area contributed by atoms with Crippen LogP contribution < -0.4 is 0 Å². The molecule has 3 aromatic rings. The lowest BCUT2D eigenvalue weighted by Crippen LogP contribution is -2.39. The molecule has 0 aliphatic carbocycles. The molecule has 0 radical (unpaired) electrons. The van der Waals surface area contributed by atoms with Gasteiger partial charge in [-0.2, -0.15) is 0 Å². The average molecular weight is 367 g/mol. The van der Waals surface area contributed by atoms with Gasteiger partial charge in [0.1, 0.15) is 11.0 Å². The van der Waals surface area contributed by atoms with Crippen LogP contribution in [-0.2, 0) is 4.79 Å². The van der Waals surface area contributed by atoms with Crippen molar-refractivity contribution >= 4 is 27.5 Å². The minimum atomic E-state index is -0.686. The molecule has 5 nitrogen and oxygen atoms in total. The number of aromatic nitrogens is 2. The van der Waals surface area contributed by atoms with E-state index in [2.05, 4.69) is 28.1 Å². The molecular formula is C20H21N3O2S. The number of hydrogen-bond acceptors (Lipinski definition) is 5. The number of likely N-dealkylation sites (tertiary alicyclic amines) is 1. The Morgan fingerprint density at radius 3 is 2.65 bits per heavy atom. The first-order valence-electron chi connectivity index (χ1n) is 8.86. The van der Waals surface area contributed by atoms with Crippen molar-refractivity contribution in [2.45, 2.75) is 25.8 Å². The number of rotatable bonds is 4. The Bertz CT molecular complexity index is 881. The van der Waals surface area contributed by atoms with E-state index in [1.165, 1.54) is 4.70 Å². The molecule has 1 unspecified atom stereocenters. The van der Waals surface area contributed by atoms with E-state index in [0.29, 0.717) is 12.8 Å². The Morgan fingerprint density at radius 1 is 1.23 bits per heavy atom. The Hall–Kier alpha value is -2.31. The molecule has 1 fully saturated rings. The third kappa shape index (κ3) is 3.34. The second kappa shape index (κ2) is 7.13. The number of para-hydroxylation sites is 1. The zero-order valence-electron chi connectivity index (χ0n) is 14.6. The number of carboxylic acids is 1. The third-order valence-electron chi connectivity index (χ3n) is 5.00. The fourth-order valence-corrected chi connectivity index (χ4v) is 4.64. The fraction of sp³-hybridized carbons (Fsp3) is 0.350. The van der Waals surface area contributed by atoms with E-state index in [1.807, 2.05) is 31.3 Å². The van der Waals surface area contributed by atoms with Crippen molar-refractivity contribution < 1.29 is 9.90 Å². The molecule has 3 heterocycles. The quantitative estimate of drug-likeness (QED) is 0.758. The molecule has 0 amide bonds. The van der Waals surface area contributed by atoms with Crippen LogP contribution in [0.2, 0.25) is 0 Å². The summed E-state index contributed by atoms with van der Waals surface area (Å²) in [5.41, 5.74) is 3.11. The molecule has 1 N–H and O–H groups in total. The summed E-state index contributed by atoms with van der Waals surface area (Å²) in [4.78, 5) is 23.1. The van der Waals surface area contributed by atoms with Crippen LogP contribution in [0.4, 0.5) is 0 Å². The molecule has 26 heavy (non-hydrogen) atoms. The first-order chi connectivity index (χ1) is 12.6. The maximum atomic E-state index is 11.3. The second-order valence-electron chi connectivity index (χ2n) is 6.83. The number of benzene rings is 1. The summed E-state index contributed by atoms with van der Waals surface area (Å²) in [6.07, 6.45) is 3.23. The van der Waals surface area contributed by atoms with Gasteiger partial charge in [-0.25, -0.2) is 4.98 Å². The van der Waals surface area contributed by atoms with E-state index in [1.54, 1.807) is 11.3 Å². The SMILES string of the molecule is Cc1ccc(C(c2nc3ccccc3s2)N2CCC(C(=O)O)CC2)nc1. The van der Waals surface area contributed by atoms with Crippen molar-refractivity contribution in [3.8, 4) is 0 Å². The minimum Gasteiger partial charge on any atom is -0.481 e. The van der Waals surface area contributed by atoms with Crippen LogP contribution in [0.5, 0.6) is 0 Å². The summed E-state index contributed by atoms with van der Waals surface area (Å²) in [5, 5.41) is 10.3. The molecule has 1 atom stereocenters. The number of carbonyl (C=O) groups is 1. The number of fused-ring (bicyclic) bond motifs is 1. The highest BCUT2D eigenvalue weighted by Gasteiger charge is 2.32. The van der Waals surface area contributed by atoms with Crippen LogP contribution in [0.15, 0.2) is 42.6 Å². The largest absolute Gasteiger partial charge is 0.481 e. The second-order valence-corrected chi connectivity index (χ2v) is 7.89. The number of carboxylic acid groups (broad SMARTS) is 1. The first kappa shape index (κ1) is 17.1. The Morgan fingerprint density at radius 2 is 2.00 bits per heavy atom. The molecule has 1 aromatic carbocycles. The number of nitrogens with zero attached hydrogens (tertiary/aromatic N) is 3. The number of aliphatic carboxylic acids is 1. The predicted molar refractivity (Wildman–Crippen MR) is 102 cm³/mol. The molecule has 134 valence electrons. The van der Waals surface area contributed by atoms with Gasteiger partial charge in [-0.1, -0.05) is 18.2 Å². The van der Waals surface area contributed by atoms with Gasteiger partial charge in [0, 0.05) is 19.3 Å². The summed E-state index contributed by atoms with van der Waals surface area (Å²) in [7, 11) is 0. The zero-order valence-corrected chi connectivity index (χ0v) is 15.4. The molecule has 1 aliphatic rings. The van der Waals surface area contributed by atoms with Crippen LogP contribution >= 0.6 is 11.3 Å². The van der Waals surface area contributed by atoms with Crippen LogP contribution in [0, 0.1) is 12.8 Å². The molecule has 0 spiro atoms. The monoisotopic (exact) mass is 367 g/mol. The van der Waals surface area contributed by atoms with E-state index < -0.39 is 5.97 Å². The van der Waals surface area contributed by atoms with E-state index in [4.69, 9.17) is 4.98 Å². The smallest absolute Gasteiger partial charge is 0.306 e. The Kier molecular flexibility index (Phi) is 4.70. The van der Waals surface area contributed by atoms with Gasteiger partial charge in [0.05, 0.1) is 21.8 Å². The van der Waals surface area contributed by atoms with Crippen molar-refractivity contribution in [3.05, 3.63) is 58.9 Å². The maximum absolute atomic E-state index is 11.3. The minimum absolute atomic E-state index is 0.0252. The van der Waals surface area contributed by atoms with E-state index in [9.17, 15) is 9.90 Å². The van der Waals surface area contributed by atoms with Gasteiger partial charge in [-0.15, -0.1) is 11.3 Å². The lowest BCUT2D eigenvalue weighted by Gasteiger charge is -2.35. The maximum Gasteiger partial charge on any atom is 0.306 e. The summed E-state index contributed by atoms with van der Waals surface area (Å²) in [5.74, 6) is -0.928. The predicted octanol–water partition coefficient (Wildman–Crippen LogP) is 3.89. The zero-order chi connectivity index (χ0) is 18.1. The standard InChI is InChI=1S/C20H21N3O2S/c1-13-6-7-16(21-12-13)18(23-10-8-14(9-11-23)20(24)25)19-22-15-4-2-3-5-17(15)26-19/h2-7,12,14,18H,8-11H2,1H3,(H,24,25). The topological polar surface area (TPSA) is 66.3 Å². The van der Waals surface area contributed by atoms with Crippen molar-refractivity contribution in [1.29, 1.82) is 0 Å². The van der Waals surface area contributed by atoms with Crippen molar-refractivity contribution in [3.63, 3.8) is 0 Å². The van der Waals surface area contributed by atoms with Gasteiger partial charge in [-0.3, -0.25) is 14.7 Å². The molecule has 6 heteroatoms. The molecule has 0 bridgehead atoms. The molecule has 1 aliphatic heterocycles. The third-order valence-corrected chi connectivity index (χ3v) is 6.09. The van der Waals surface area contributed by atoms with Gasteiger partial charge in [-0.05, 0) is 43.5 Å². The number of thiazole rings is 1. The summed E-state index contributed by atoms with van der Waals surface area (Å²) < 4.78 is 1.17. The molecule has 1 saturated heterocycles. The molecule has 0 saturated carbocycles. The first-order valence-corrected chi connectivity index (χ1v) is 9.68. The van der Waals surface area contributed by atoms with Gasteiger partial charge in [0.25, 0.3) is 0 Å². The number of pyridine rings is 1. The Balaban J connectivity index is 1.70. The van der Waals surface area contributed by atoms with E-state index >= 15 is 0 Å². The van der Waals surface area contributed by atoms with Crippen molar-refractivity contribution in [2.75, 3.05) is 13.1 Å². The van der Waals surface area contributed by atoms with Gasteiger partial charge < -0.3 is 5.11 Å². The van der Waals surface area contributed by atoms with Gasteiger partial charge >= 0.3 is 5.97 Å². The highest BCUT2D eigenvalue weighted by Crippen LogP contribution is 2.35. The molecular weight excluding hydrogens is 346 g/mol. The lowest BCUT2D eigenvalue weighted by atomic mass is 9.95. The Labute approximate surface area is 156 Å². The number of aryl methyl sites for hydroxylation is 1. The summed E-state index contributed by atoms with van der Waals surface area (Å²) >= 11 is 1.70. The number of piperidine rings is 1. The molecule has 4 rings (SSSR count). The van der Waals surface area contributed by atoms with Crippen LogP contribution in [0.1, 0.15) is 35.1 Å². The summed E-state index contributed by atoms with van der Waals surface area (Å²) in [6, 6.07) is 12.3. The van der Waals surface area contributed by atoms with Crippen LogP contribution in [0.25, 0.3) is 10.2 Å². The normalized spacial score (nSPS) is 17.4. The van der Waals surface area contributed by atoms with Crippen molar-refractivity contribution in [2.24, 2.45) is 5.92 Å². The van der Waals surface area contributed by atoms with Gasteiger partial charge in [0.2, 0.25) is 0 Å². The van der Waals surface area contributed by atoms with E-state index in [0.717, 1.165) is 34.9 Å². The van der Waals surface area contributed by atoms with Gasteiger partial charge in [0.15, 0.2) is 0 Å².